The standard InChI is InChI=1S/C12H13NO/c1-9-2-5-11(7-13)12(6-9)14-8-10-3-4-10/h2,5-6,10H,3-4,8H2,1H3. The topological polar surface area (TPSA) is 33.0 Å². The molecule has 0 unspecified atom stereocenters. The summed E-state index contributed by atoms with van der Waals surface area (Å²) in [6.45, 7) is 2.77. The Bertz CT molecular complexity index is 374. The zero-order valence-corrected chi connectivity index (χ0v) is 8.29. The van der Waals surface area contributed by atoms with E-state index in [0.29, 0.717) is 5.56 Å². The van der Waals surface area contributed by atoms with Crippen molar-refractivity contribution in [2.24, 2.45) is 5.92 Å². The van der Waals surface area contributed by atoms with Gasteiger partial charge in [0.1, 0.15) is 11.8 Å². The molecular formula is C12H13NO. The molecule has 2 heteroatoms. The van der Waals surface area contributed by atoms with Gasteiger partial charge in [0.05, 0.1) is 12.2 Å². The highest BCUT2D eigenvalue weighted by Gasteiger charge is 2.22. The van der Waals surface area contributed by atoms with Gasteiger partial charge in [0.25, 0.3) is 0 Å². The maximum absolute atomic E-state index is 8.86. The molecule has 1 aliphatic carbocycles. The number of ether oxygens (including phenoxy) is 1. The second kappa shape index (κ2) is 3.71. The lowest BCUT2D eigenvalue weighted by Crippen LogP contribution is -2.00. The van der Waals surface area contributed by atoms with Crippen LogP contribution in [0.5, 0.6) is 5.75 Å². The maximum Gasteiger partial charge on any atom is 0.137 e. The van der Waals surface area contributed by atoms with Gasteiger partial charge in [-0.15, -0.1) is 0 Å². The van der Waals surface area contributed by atoms with Crippen LogP contribution < -0.4 is 4.74 Å². The van der Waals surface area contributed by atoms with Crippen molar-refractivity contribution in [1.29, 1.82) is 5.26 Å². The molecule has 14 heavy (non-hydrogen) atoms. The smallest absolute Gasteiger partial charge is 0.137 e. The summed E-state index contributed by atoms with van der Waals surface area (Å²) in [5.74, 6) is 1.46. The van der Waals surface area contributed by atoms with Gasteiger partial charge in [-0.3, -0.25) is 0 Å². The third-order valence-electron chi connectivity index (χ3n) is 2.43. The third-order valence-corrected chi connectivity index (χ3v) is 2.43. The molecule has 0 amide bonds. The molecule has 0 bridgehead atoms. The van der Waals surface area contributed by atoms with Crippen LogP contribution >= 0.6 is 0 Å². The Morgan fingerprint density at radius 2 is 2.29 bits per heavy atom. The van der Waals surface area contributed by atoms with Gasteiger partial charge in [-0.2, -0.15) is 5.26 Å². The molecule has 1 aromatic rings. The van der Waals surface area contributed by atoms with Crippen molar-refractivity contribution < 1.29 is 4.74 Å². The predicted molar refractivity (Wildman–Crippen MR) is 54.1 cm³/mol. The van der Waals surface area contributed by atoms with Gasteiger partial charge in [0.15, 0.2) is 0 Å². The van der Waals surface area contributed by atoms with Gasteiger partial charge in [-0.1, -0.05) is 6.07 Å². The Balaban J connectivity index is 2.12. The van der Waals surface area contributed by atoms with Crippen LogP contribution in [0.25, 0.3) is 0 Å². The van der Waals surface area contributed by atoms with Crippen molar-refractivity contribution in [3.05, 3.63) is 29.3 Å². The summed E-state index contributed by atoms with van der Waals surface area (Å²) < 4.78 is 5.61. The number of rotatable bonds is 3. The molecule has 0 radical (unpaired) electrons. The van der Waals surface area contributed by atoms with E-state index in [9.17, 15) is 0 Å². The molecule has 1 aliphatic rings. The van der Waals surface area contributed by atoms with E-state index < -0.39 is 0 Å². The Labute approximate surface area is 84.1 Å². The average molecular weight is 187 g/mol. The molecule has 1 saturated carbocycles. The number of benzene rings is 1. The summed E-state index contributed by atoms with van der Waals surface area (Å²) in [5.41, 5.74) is 1.77. The molecule has 0 heterocycles. The Morgan fingerprint density at radius 3 is 2.93 bits per heavy atom. The molecule has 0 aliphatic heterocycles. The molecule has 0 N–H and O–H groups in total. The number of nitriles is 1. The van der Waals surface area contributed by atoms with Crippen LogP contribution in [0.1, 0.15) is 24.0 Å². The lowest BCUT2D eigenvalue weighted by atomic mass is 10.1. The molecular weight excluding hydrogens is 174 g/mol. The summed E-state index contributed by atoms with van der Waals surface area (Å²) in [5, 5.41) is 8.86. The molecule has 0 saturated heterocycles. The highest BCUT2D eigenvalue weighted by molar-refractivity contribution is 5.45. The number of hydrogen-bond donors (Lipinski definition) is 0. The van der Waals surface area contributed by atoms with Crippen LogP contribution in [0.15, 0.2) is 18.2 Å². The molecule has 2 nitrogen and oxygen atoms in total. The van der Waals surface area contributed by atoms with Gasteiger partial charge in [0, 0.05) is 0 Å². The third kappa shape index (κ3) is 2.05. The van der Waals surface area contributed by atoms with Crippen molar-refractivity contribution >= 4 is 0 Å². The molecule has 0 aromatic heterocycles. The largest absolute Gasteiger partial charge is 0.492 e. The van der Waals surface area contributed by atoms with Crippen LogP contribution in [0.4, 0.5) is 0 Å². The lowest BCUT2D eigenvalue weighted by molar-refractivity contribution is 0.299. The first-order valence-corrected chi connectivity index (χ1v) is 4.93. The summed E-state index contributed by atoms with van der Waals surface area (Å²) >= 11 is 0. The van der Waals surface area contributed by atoms with E-state index in [1.165, 1.54) is 12.8 Å². The summed E-state index contributed by atoms with van der Waals surface area (Å²) in [6.07, 6.45) is 2.54. The minimum atomic E-state index is 0.635. The highest BCUT2D eigenvalue weighted by atomic mass is 16.5. The van der Waals surface area contributed by atoms with Crippen molar-refractivity contribution in [3.8, 4) is 11.8 Å². The Kier molecular flexibility index (Phi) is 2.41. The van der Waals surface area contributed by atoms with Crippen LogP contribution in [0.3, 0.4) is 0 Å². The zero-order chi connectivity index (χ0) is 9.97. The van der Waals surface area contributed by atoms with E-state index in [1.807, 2.05) is 25.1 Å². The van der Waals surface area contributed by atoms with E-state index in [-0.39, 0.29) is 0 Å². The van der Waals surface area contributed by atoms with Gasteiger partial charge < -0.3 is 4.74 Å². The summed E-state index contributed by atoms with van der Waals surface area (Å²) in [4.78, 5) is 0. The molecule has 0 atom stereocenters. The highest BCUT2D eigenvalue weighted by Crippen LogP contribution is 2.30. The van der Waals surface area contributed by atoms with E-state index in [0.717, 1.165) is 23.8 Å². The quantitative estimate of drug-likeness (QED) is 0.728. The van der Waals surface area contributed by atoms with Crippen LogP contribution in [-0.4, -0.2) is 6.61 Å². The van der Waals surface area contributed by atoms with E-state index in [1.54, 1.807) is 0 Å². The predicted octanol–water partition coefficient (Wildman–Crippen LogP) is 2.66. The van der Waals surface area contributed by atoms with E-state index in [4.69, 9.17) is 10.00 Å². The molecule has 0 spiro atoms. The monoisotopic (exact) mass is 187 g/mol. The fraction of sp³-hybridized carbons (Fsp3) is 0.417. The van der Waals surface area contributed by atoms with E-state index in [2.05, 4.69) is 6.07 Å². The van der Waals surface area contributed by atoms with Crippen LogP contribution in [-0.2, 0) is 0 Å². The average Bonchev–Trinajstić information content (AvgIpc) is 2.98. The Hall–Kier alpha value is -1.49. The minimum Gasteiger partial charge on any atom is -0.492 e. The fourth-order valence-electron chi connectivity index (χ4n) is 1.33. The van der Waals surface area contributed by atoms with E-state index >= 15 is 0 Å². The molecule has 72 valence electrons. The van der Waals surface area contributed by atoms with Gasteiger partial charge in [-0.05, 0) is 43.4 Å². The van der Waals surface area contributed by atoms with Crippen molar-refractivity contribution in [2.75, 3.05) is 6.61 Å². The number of nitrogens with zero attached hydrogens (tertiary/aromatic N) is 1. The first kappa shape index (κ1) is 9.08. The van der Waals surface area contributed by atoms with Crippen LogP contribution in [0, 0.1) is 24.2 Å². The van der Waals surface area contributed by atoms with Gasteiger partial charge >= 0.3 is 0 Å². The molecule has 1 fully saturated rings. The molecule has 2 rings (SSSR count). The summed E-state index contributed by atoms with van der Waals surface area (Å²) in [7, 11) is 0. The van der Waals surface area contributed by atoms with Crippen molar-refractivity contribution in [2.45, 2.75) is 19.8 Å². The first-order chi connectivity index (χ1) is 6.79. The molecule has 1 aromatic carbocycles. The normalized spacial score (nSPS) is 14.9. The zero-order valence-electron chi connectivity index (χ0n) is 8.29. The van der Waals surface area contributed by atoms with Gasteiger partial charge in [0.2, 0.25) is 0 Å². The van der Waals surface area contributed by atoms with Gasteiger partial charge in [-0.25, -0.2) is 0 Å². The number of hydrogen-bond acceptors (Lipinski definition) is 2. The second-order valence-corrected chi connectivity index (χ2v) is 3.87. The Morgan fingerprint density at radius 1 is 1.50 bits per heavy atom. The number of aryl methyl sites for hydroxylation is 1. The van der Waals surface area contributed by atoms with Crippen molar-refractivity contribution in [3.63, 3.8) is 0 Å². The second-order valence-electron chi connectivity index (χ2n) is 3.87. The van der Waals surface area contributed by atoms with Crippen LogP contribution in [0.2, 0.25) is 0 Å². The van der Waals surface area contributed by atoms with Crippen molar-refractivity contribution in [1.82, 2.24) is 0 Å². The SMILES string of the molecule is Cc1ccc(C#N)c(OCC2CC2)c1. The fourth-order valence-corrected chi connectivity index (χ4v) is 1.33. The maximum atomic E-state index is 8.86. The minimum absolute atomic E-state index is 0.635. The first-order valence-electron chi connectivity index (χ1n) is 4.93. The lowest BCUT2D eigenvalue weighted by Gasteiger charge is -2.07. The summed E-state index contributed by atoms with van der Waals surface area (Å²) in [6, 6.07) is 7.82.